The average Bonchev–Trinajstić information content (AvgIpc) is 2.55. The highest BCUT2D eigenvalue weighted by molar-refractivity contribution is 6.87. The normalized spacial score (nSPS) is 15.2. The lowest BCUT2D eigenvalue weighted by molar-refractivity contribution is 0.0978. The highest BCUT2D eigenvalue weighted by atomic mass is 28.5. The minimum Gasteiger partial charge on any atom is -0.591 e. The molecule has 1 aromatic rings. The summed E-state index contributed by atoms with van der Waals surface area (Å²) in [5.74, 6) is -0.224. The number of hydrogen-bond donors (Lipinski definition) is 1. The maximum atomic E-state index is 12.6. The van der Waals surface area contributed by atoms with Crippen molar-refractivity contribution in [2.75, 3.05) is 6.54 Å². The Hall–Kier alpha value is -1.33. The van der Waals surface area contributed by atoms with E-state index in [1.807, 2.05) is 0 Å². The lowest BCUT2D eigenvalue weighted by Crippen LogP contribution is -2.52. The quantitative estimate of drug-likeness (QED) is 0.398. The molecule has 0 unspecified atom stereocenters. The van der Waals surface area contributed by atoms with Gasteiger partial charge in [-0.25, -0.2) is 0 Å². The van der Waals surface area contributed by atoms with E-state index in [1.54, 1.807) is 24.3 Å². The monoisotopic (exact) mass is 449 g/mol. The molecule has 0 fully saturated rings. The second-order valence-electron chi connectivity index (χ2n) is 9.74. The van der Waals surface area contributed by atoms with Crippen LogP contribution in [0, 0.1) is 0 Å². The molecule has 1 aromatic carbocycles. The predicted molar refractivity (Wildman–Crippen MR) is 126 cm³/mol. The highest BCUT2D eigenvalue weighted by Gasteiger charge is 2.30. The largest absolute Gasteiger partial charge is 0.591 e. The molecule has 0 aromatic heterocycles. The zero-order valence-corrected chi connectivity index (χ0v) is 21.8. The Balaban J connectivity index is 1.89. The number of allylic oxidation sites excluding steroid dienone is 2. The van der Waals surface area contributed by atoms with Gasteiger partial charge in [0, 0.05) is 23.7 Å². The van der Waals surface area contributed by atoms with Gasteiger partial charge in [-0.15, -0.1) is 39.3 Å². The molecule has 5 nitrogen and oxygen atoms in total. The molecule has 1 aliphatic carbocycles. The average molecular weight is 450 g/mol. The maximum Gasteiger partial charge on any atom is 0.254 e. The summed E-state index contributed by atoms with van der Waals surface area (Å²) < 4.78 is 13.1. The van der Waals surface area contributed by atoms with Crippen molar-refractivity contribution < 1.29 is 17.8 Å². The number of unbranched alkanes of at least 4 members (excludes halogenated alkanes) is 1. The lowest BCUT2D eigenvalue weighted by atomic mass is 9.93. The zero-order chi connectivity index (χ0) is 21.9. The van der Waals surface area contributed by atoms with Crippen LogP contribution in [0.4, 0.5) is 0 Å². The Bertz CT molecular complexity index is 778. The van der Waals surface area contributed by atoms with E-state index in [0.29, 0.717) is 23.4 Å². The number of fused-ring (bicyclic) bond motifs is 1. The third-order valence-corrected chi connectivity index (χ3v) is 14.0. The van der Waals surface area contributed by atoms with Crippen LogP contribution >= 0.6 is 0 Å². The fraction of sp³-hybridized carbons (Fsp3) is 0.524. The smallest absolute Gasteiger partial charge is 0.254 e. The Morgan fingerprint density at radius 1 is 0.897 bits per heavy atom. The van der Waals surface area contributed by atoms with Crippen molar-refractivity contribution in [3.05, 3.63) is 47.2 Å². The summed E-state index contributed by atoms with van der Waals surface area (Å²) in [6, 6.07) is 7.92. The molecule has 0 radical (unpaired) electrons. The first-order valence-electron chi connectivity index (χ1n) is 10.3. The van der Waals surface area contributed by atoms with Gasteiger partial charge in [0.2, 0.25) is 5.78 Å². The number of carbonyl (C=O) groups is 2. The van der Waals surface area contributed by atoms with Gasteiger partial charge in [0.1, 0.15) is 0 Å². The van der Waals surface area contributed by atoms with E-state index in [9.17, 15) is 9.59 Å². The van der Waals surface area contributed by atoms with Crippen LogP contribution in [-0.4, -0.2) is 43.3 Å². The fourth-order valence-corrected chi connectivity index (χ4v) is 16.3. The second-order valence-corrected chi connectivity index (χ2v) is 22.6. The van der Waals surface area contributed by atoms with Gasteiger partial charge >= 0.3 is 0 Å². The maximum absolute atomic E-state index is 12.6. The molecule has 0 atom stereocenters. The Morgan fingerprint density at radius 3 is 2.00 bits per heavy atom. The van der Waals surface area contributed by atoms with Crippen molar-refractivity contribution in [1.82, 2.24) is 5.32 Å². The summed E-state index contributed by atoms with van der Waals surface area (Å²) in [6.45, 7) is 16.1. The van der Waals surface area contributed by atoms with E-state index in [0.717, 1.165) is 18.9 Å². The van der Waals surface area contributed by atoms with Crippen LogP contribution in [0.25, 0.3) is 0 Å². The molecule has 29 heavy (non-hydrogen) atoms. The molecule has 1 N–H and O–H groups in total. The Labute approximate surface area is 178 Å². The number of ketones is 2. The molecule has 1 aliphatic rings. The van der Waals surface area contributed by atoms with Crippen molar-refractivity contribution in [1.29, 1.82) is 0 Å². The first kappa shape index (κ1) is 23.9. The van der Waals surface area contributed by atoms with E-state index in [2.05, 4.69) is 51.1 Å². The molecule has 0 amide bonds. The molecular weight excluding hydrogens is 414 g/mol. The summed E-state index contributed by atoms with van der Waals surface area (Å²) in [4.78, 5) is 24.8. The van der Waals surface area contributed by atoms with Crippen LogP contribution in [0.5, 0.6) is 0 Å². The minimum absolute atomic E-state index is 0.108. The van der Waals surface area contributed by atoms with Crippen LogP contribution in [0.1, 0.15) is 33.6 Å². The number of Topliss-reactive ketones (excluding diaryl/α,β-unsaturated/α-hetero) is 1. The van der Waals surface area contributed by atoms with E-state index >= 15 is 0 Å². The molecule has 0 spiro atoms. The van der Waals surface area contributed by atoms with Gasteiger partial charge in [-0.1, -0.05) is 24.3 Å². The molecule has 162 valence electrons. The van der Waals surface area contributed by atoms with Crippen molar-refractivity contribution in [2.24, 2.45) is 0 Å². The van der Waals surface area contributed by atoms with Gasteiger partial charge in [-0.2, -0.15) is 0 Å². The van der Waals surface area contributed by atoms with E-state index in [-0.39, 0.29) is 11.6 Å². The number of nitrogens with one attached hydrogen (secondary N) is 1. The predicted octanol–water partition coefficient (Wildman–Crippen LogP) is 5.09. The molecule has 2 rings (SSSR count). The summed E-state index contributed by atoms with van der Waals surface area (Å²) in [7, 11) is -5.59. The van der Waals surface area contributed by atoms with Gasteiger partial charge < -0.3 is 13.5 Å². The van der Waals surface area contributed by atoms with Crippen LogP contribution in [0.3, 0.4) is 0 Å². The summed E-state index contributed by atoms with van der Waals surface area (Å²) >= 11 is 0. The van der Waals surface area contributed by atoms with Crippen molar-refractivity contribution in [3.8, 4) is 0 Å². The highest BCUT2D eigenvalue weighted by Crippen LogP contribution is 2.26. The number of benzene rings is 1. The minimum atomic E-state index is -2.22. The fourth-order valence-electron chi connectivity index (χ4n) is 3.66. The molecule has 0 aliphatic heterocycles. The van der Waals surface area contributed by atoms with E-state index < -0.39 is 25.2 Å². The second kappa shape index (κ2) is 9.22. The number of hydrogen-bond acceptors (Lipinski definition) is 5. The van der Waals surface area contributed by atoms with Gasteiger partial charge in [-0.3, -0.25) is 9.59 Å². The van der Waals surface area contributed by atoms with Crippen molar-refractivity contribution >= 4 is 36.8 Å². The van der Waals surface area contributed by atoms with Gasteiger partial charge in [-0.05, 0) is 42.1 Å². The van der Waals surface area contributed by atoms with Gasteiger partial charge in [0.25, 0.3) is 8.56 Å². The lowest BCUT2D eigenvalue weighted by Gasteiger charge is -2.50. The van der Waals surface area contributed by atoms with Gasteiger partial charge in [0.15, 0.2) is 5.78 Å². The number of rotatable bonds is 10. The summed E-state index contributed by atoms with van der Waals surface area (Å²) in [5, 5.41) is 3.17. The van der Waals surface area contributed by atoms with Crippen LogP contribution in [-0.2, 0) is 8.23 Å². The molecule has 0 saturated carbocycles. The summed E-state index contributed by atoms with van der Waals surface area (Å²) in [5.41, 5.74) is 1.36. The standard InChI is InChI=1S/C21H35NO4Si3/c1-27(2,3)25-29(7,26-28(4,5)6)15-11-10-14-22-19-16-20(23)17-12-8-9-13-18(17)21(19)24/h8-9,12-13,16,22H,10-11,14-15H2,1-7H3/q-2. The van der Waals surface area contributed by atoms with Crippen LogP contribution in [0.2, 0.25) is 51.9 Å². The third kappa shape index (κ3) is 7.45. The Morgan fingerprint density at radius 2 is 1.45 bits per heavy atom. The molecule has 0 saturated heterocycles. The topological polar surface area (TPSA) is 64.6 Å². The first-order chi connectivity index (χ1) is 13.3. The van der Waals surface area contributed by atoms with Crippen molar-refractivity contribution in [2.45, 2.75) is 64.7 Å². The van der Waals surface area contributed by atoms with Crippen molar-refractivity contribution in [3.63, 3.8) is 0 Å². The molecule has 8 heteroatoms. The Kier molecular flexibility index (Phi) is 7.61. The third-order valence-electron chi connectivity index (χ3n) is 4.37. The van der Waals surface area contributed by atoms with Crippen LogP contribution < -0.4 is 5.32 Å². The van der Waals surface area contributed by atoms with Crippen LogP contribution in [0.15, 0.2) is 36.0 Å². The van der Waals surface area contributed by atoms with Gasteiger partial charge in [0.05, 0.1) is 5.70 Å². The van der Waals surface area contributed by atoms with E-state index in [1.165, 1.54) is 6.08 Å². The molecule has 0 heterocycles. The first-order valence-corrected chi connectivity index (χ1v) is 19.7. The molecule has 0 bridgehead atoms. The number of carbonyl (C=O) groups excluding carboxylic acids is 2. The molecular formula is C21H35NO4Si3-2. The van der Waals surface area contributed by atoms with E-state index in [4.69, 9.17) is 8.23 Å². The SMILES string of the molecule is C[Si](CCCCNC1=CC(=O)c2ccccc2C1=O)(O[Si-](C)(C)C)O[Si-](C)(C)C. The zero-order valence-electron chi connectivity index (χ0n) is 18.8. The summed E-state index contributed by atoms with van der Waals surface area (Å²) in [6.07, 6.45) is 3.29.